The van der Waals surface area contributed by atoms with Gasteiger partial charge in [-0.05, 0) is 38.0 Å². The summed E-state index contributed by atoms with van der Waals surface area (Å²) in [6, 6.07) is 0. The van der Waals surface area contributed by atoms with E-state index in [0.717, 1.165) is 29.7 Å². The van der Waals surface area contributed by atoms with Gasteiger partial charge in [0.1, 0.15) is 0 Å². The number of thiazole rings is 1. The highest BCUT2D eigenvalue weighted by Gasteiger charge is 2.33. The van der Waals surface area contributed by atoms with Crippen molar-refractivity contribution in [2.75, 3.05) is 0 Å². The summed E-state index contributed by atoms with van der Waals surface area (Å²) in [5, 5.41) is 3.33. The van der Waals surface area contributed by atoms with E-state index in [1.54, 1.807) is 11.3 Å². The average Bonchev–Trinajstić information content (AvgIpc) is 2.62. The lowest BCUT2D eigenvalue weighted by atomic mass is 9.72. The fraction of sp³-hybridized carbons (Fsp3) is 0.800. The molecule has 1 aliphatic rings. The molecule has 1 aromatic rings. The van der Waals surface area contributed by atoms with Crippen molar-refractivity contribution in [3.63, 3.8) is 0 Å². The van der Waals surface area contributed by atoms with Crippen LogP contribution in [0.25, 0.3) is 0 Å². The normalized spacial score (nSPS) is 28.8. The van der Waals surface area contributed by atoms with E-state index >= 15 is 0 Å². The standard InChI is InChI=1S/C15H26N2S/c1-11(2)7-13-5-4-6-15(16,8-13)9-14-10-18-12(3)17-14/h10-11,13H,4-9,16H2,1-3H3. The number of hydrogen-bond acceptors (Lipinski definition) is 3. The van der Waals surface area contributed by atoms with Gasteiger partial charge in [0, 0.05) is 17.3 Å². The van der Waals surface area contributed by atoms with Crippen LogP contribution in [0.4, 0.5) is 0 Å². The molecule has 1 heterocycles. The van der Waals surface area contributed by atoms with Crippen LogP contribution in [-0.4, -0.2) is 10.5 Å². The van der Waals surface area contributed by atoms with Gasteiger partial charge in [0.15, 0.2) is 0 Å². The van der Waals surface area contributed by atoms with Gasteiger partial charge in [-0.2, -0.15) is 0 Å². The van der Waals surface area contributed by atoms with Crippen molar-refractivity contribution < 1.29 is 0 Å². The molecule has 0 spiro atoms. The minimum atomic E-state index is -0.00167. The molecule has 3 heteroatoms. The van der Waals surface area contributed by atoms with Crippen molar-refractivity contribution in [3.05, 3.63) is 16.1 Å². The molecule has 0 bridgehead atoms. The summed E-state index contributed by atoms with van der Waals surface area (Å²) in [6.07, 6.45) is 7.30. The van der Waals surface area contributed by atoms with Gasteiger partial charge < -0.3 is 5.73 Å². The molecule has 18 heavy (non-hydrogen) atoms. The van der Waals surface area contributed by atoms with Crippen molar-refractivity contribution in [2.24, 2.45) is 17.6 Å². The maximum absolute atomic E-state index is 6.63. The molecule has 0 amide bonds. The fourth-order valence-corrected chi connectivity index (χ4v) is 4.01. The second-order valence-electron chi connectivity index (χ2n) is 6.49. The van der Waals surface area contributed by atoms with Crippen LogP contribution < -0.4 is 5.73 Å². The average molecular weight is 266 g/mol. The summed E-state index contributed by atoms with van der Waals surface area (Å²) in [5.41, 5.74) is 7.83. The number of nitrogens with two attached hydrogens (primary N) is 1. The van der Waals surface area contributed by atoms with Gasteiger partial charge in [0.25, 0.3) is 0 Å². The predicted octanol–water partition coefficient (Wildman–Crippen LogP) is 3.93. The second-order valence-corrected chi connectivity index (χ2v) is 7.55. The quantitative estimate of drug-likeness (QED) is 0.897. The molecule has 0 saturated heterocycles. The topological polar surface area (TPSA) is 38.9 Å². The van der Waals surface area contributed by atoms with Gasteiger partial charge in [-0.3, -0.25) is 0 Å². The fourth-order valence-electron chi connectivity index (χ4n) is 3.40. The molecule has 1 aliphatic carbocycles. The van der Waals surface area contributed by atoms with Crippen molar-refractivity contribution in [1.29, 1.82) is 0 Å². The summed E-state index contributed by atoms with van der Waals surface area (Å²) in [4.78, 5) is 4.57. The van der Waals surface area contributed by atoms with Crippen LogP contribution in [0.5, 0.6) is 0 Å². The Morgan fingerprint density at radius 3 is 2.94 bits per heavy atom. The number of rotatable bonds is 4. The minimum Gasteiger partial charge on any atom is -0.325 e. The molecule has 1 saturated carbocycles. The number of nitrogens with zero attached hydrogens (tertiary/aromatic N) is 1. The summed E-state index contributed by atoms with van der Waals surface area (Å²) >= 11 is 1.74. The zero-order chi connectivity index (χ0) is 13.2. The third-order valence-corrected chi connectivity index (χ3v) is 4.81. The molecule has 0 aromatic carbocycles. The zero-order valence-corrected chi connectivity index (χ0v) is 12.7. The monoisotopic (exact) mass is 266 g/mol. The molecule has 0 aliphatic heterocycles. The zero-order valence-electron chi connectivity index (χ0n) is 11.9. The van der Waals surface area contributed by atoms with Gasteiger partial charge >= 0.3 is 0 Å². The molecule has 2 unspecified atom stereocenters. The molecule has 2 N–H and O–H groups in total. The molecule has 0 radical (unpaired) electrons. The lowest BCUT2D eigenvalue weighted by Crippen LogP contribution is -2.46. The van der Waals surface area contributed by atoms with Crippen molar-refractivity contribution in [2.45, 2.75) is 64.8 Å². The number of aromatic nitrogens is 1. The van der Waals surface area contributed by atoms with Crippen LogP contribution in [-0.2, 0) is 6.42 Å². The molecular formula is C15H26N2S. The first kappa shape index (κ1) is 14.0. The first-order valence-electron chi connectivity index (χ1n) is 7.17. The first-order chi connectivity index (χ1) is 8.47. The third-order valence-electron chi connectivity index (χ3n) is 3.99. The van der Waals surface area contributed by atoms with E-state index in [9.17, 15) is 0 Å². The van der Waals surface area contributed by atoms with Crippen molar-refractivity contribution in [3.8, 4) is 0 Å². The third kappa shape index (κ3) is 3.79. The smallest absolute Gasteiger partial charge is 0.0897 e. The van der Waals surface area contributed by atoms with Crippen LogP contribution in [0.2, 0.25) is 0 Å². The number of aryl methyl sites for hydroxylation is 1. The van der Waals surface area contributed by atoms with Crippen LogP contribution in [0.15, 0.2) is 5.38 Å². The maximum Gasteiger partial charge on any atom is 0.0897 e. The van der Waals surface area contributed by atoms with Crippen LogP contribution in [0, 0.1) is 18.8 Å². The number of hydrogen-bond donors (Lipinski definition) is 1. The summed E-state index contributed by atoms with van der Waals surface area (Å²) < 4.78 is 0. The van der Waals surface area contributed by atoms with E-state index in [1.165, 1.54) is 31.4 Å². The first-order valence-corrected chi connectivity index (χ1v) is 8.05. The predicted molar refractivity (Wildman–Crippen MR) is 78.9 cm³/mol. The largest absolute Gasteiger partial charge is 0.325 e. The van der Waals surface area contributed by atoms with Gasteiger partial charge in [-0.1, -0.05) is 26.7 Å². The highest BCUT2D eigenvalue weighted by Crippen LogP contribution is 2.36. The van der Waals surface area contributed by atoms with E-state index in [0.29, 0.717) is 0 Å². The van der Waals surface area contributed by atoms with Crippen molar-refractivity contribution in [1.82, 2.24) is 4.98 Å². The minimum absolute atomic E-state index is 0.00167. The van der Waals surface area contributed by atoms with Crippen LogP contribution in [0.1, 0.15) is 56.7 Å². The summed E-state index contributed by atoms with van der Waals surface area (Å²) in [7, 11) is 0. The SMILES string of the molecule is Cc1nc(CC2(N)CCCC(CC(C)C)C2)cs1. The molecule has 2 rings (SSSR count). The molecule has 2 nitrogen and oxygen atoms in total. The lowest BCUT2D eigenvalue weighted by molar-refractivity contribution is 0.199. The van der Waals surface area contributed by atoms with E-state index in [1.807, 2.05) is 0 Å². The van der Waals surface area contributed by atoms with Gasteiger partial charge in [0.05, 0.1) is 10.7 Å². The molecule has 102 valence electrons. The van der Waals surface area contributed by atoms with Gasteiger partial charge in [0.2, 0.25) is 0 Å². The highest BCUT2D eigenvalue weighted by atomic mass is 32.1. The van der Waals surface area contributed by atoms with Crippen LogP contribution >= 0.6 is 11.3 Å². The molecule has 1 fully saturated rings. The Kier molecular flexibility index (Phi) is 4.44. The van der Waals surface area contributed by atoms with E-state index < -0.39 is 0 Å². The van der Waals surface area contributed by atoms with Crippen LogP contribution in [0.3, 0.4) is 0 Å². The Labute approximate surface area is 115 Å². The molecule has 1 aromatic heterocycles. The van der Waals surface area contributed by atoms with Crippen molar-refractivity contribution >= 4 is 11.3 Å². The van der Waals surface area contributed by atoms with E-state index in [2.05, 4.69) is 31.1 Å². The lowest BCUT2D eigenvalue weighted by Gasteiger charge is -2.38. The Hall–Kier alpha value is -0.410. The molecule has 2 atom stereocenters. The second kappa shape index (κ2) is 5.70. The van der Waals surface area contributed by atoms with Gasteiger partial charge in [-0.15, -0.1) is 11.3 Å². The highest BCUT2D eigenvalue weighted by molar-refractivity contribution is 7.09. The summed E-state index contributed by atoms with van der Waals surface area (Å²) in [5.74, 6) is 1.61. The molecular weight excluding hydrogens is 240 g/mol. The Balaban J connectivity index is 1.97. The van der Waals surface area contributed by atoms with E-state index in [-0.39, 0.29) is 5.54 Å². The summed E-state index contributed by atoms with van der Waals surface area (Å²) in [6.45, 7) is 6.70. The Morgan fingerprint density at radius 1 is 1.56 bits per heavy atom. The van der Waals surface area contributed by atoms with E-state index in [4.69, 9.17) is 5.73 Å². The Bertz CT molecular complexity index is 386. The Morgan fingerprint density at radius 2 is 2.33 bits per heavy atom. The van der Waals surface area contributed by atoms with Gasteiger partial charge in [-0.25, -0.2) is 4.98 Å². The maximum atomic E-state index is 6.63.